The molecule has 3 N–H and O–H groups in total. The van der Waals surface area contributed by atoms with Crippen LogP contribution < -0.4 is 11.1 Å². The number of nitrogens with zero attached hydrogens (tertiary/aromatic N) is 1. The summed E-state index contributed by atoms with van der Waals surface area (Å²) < 4.78 is 0. The second-order valence-electron chi connectivity index (χ2n) is 9.31. The quantitative estimate of drug-likeness (QED) is 0.343. The van der Waals surface area contributed by atoms with Crippen LogP contribution in [0.1, 0.15) is 68.0 Å². The lowest BCUT2D eigenvalue weighted by atomic mass is 9.96. The average Bonchev–Trinajstić information content (AvgIpc) is 3.16. The summed E-state index contributed by atoms with van der Waals surface area (Å²) >= 11 is 1.50. The Morgan fingerprint density at radius 1 is 0.943 bits per heavy atom. The average molecular weight is 484 g/mol. The molecular weight excluding hydrogens is 454 g/mol. The van der Waals surface area contributed by atoms with E-state index >= 15 is 0 Å². The fourth-order valence-corrected chi connectivity index (χ4v) is 6.14. The predicted molar refractivity (Wildman–Crippen MR) is 143 cm³/mol. The fraction of sp³-hybridized carbons (Fsp3) is 0.276. The molecule has 35 heavy (non-hydrogen) atoms. The summed E-state index contributed by atoms with van der Waals surface area (Å²) in [6, 6.07) is 15.7. The Hall–Kier alpha value is -3.51. The molecule has 0 bridgehead atoms. The van der Waals surface area contributed by atoms with E-state index in [0.717, 1.165) is 59.8 Å². The number of fused-ring (bicyclic) bond motifs is 2. The largest absolute Gasteiger partial charge is 0.365 e. The van der Waals surface area contributed by atoms with Crippen LogP contribution in [0.5, 0.6) is 0 Å². The van der Waals surface area contributed by atoms with Crippen molar-refractivity contribution in [2.75, 3.05) is 5.32 Å². The standard InChI is InChI=1S/C29H29N3O2S/c1-17-13-14-19(15-18(17)2)24-16-22(20-9-7-8-11-23(20)31-24)28(34)32-29-26(27(30)33)21-10-5-3-4-6-12-25(21)35-29/h7-9,11,13-16H,3-6,10,12H2,1-2H3,(H2,30,33)(H,32,34). The van der Waals surface area contributed by atoms with Gasteiger partial charge in [0.25, 0.3) is 11.8 Å². The monoisotopic (exact) mass is 483 g/mol. The molecule has 2 amide bonds. The van der Waals surface area contributed by atoms with E-state index in [2.05, 4.69) is 31.3 Å². The molecule has 6 heteroatoms. The van der Waals surface area contributed by atoms with Gasteiger partial charge in [-0.25, -0.2) is 4.98 Å². The second kappa shape index (κ2) is 9.62. The van der Waals surface area contributed by atoms with Gasteiger partial charge in [-0.3, -0.25) is 9.59 Å². The molecule has 0 saturated heterocycles. The molecule has 5 nitrogen and oxygen atoms in total. The molecular formula is C29H29N3O2S. The number of nitrogens with one attached hydrogen (secondary N) is 1. The smallest absolute Gasteiger partial charge is 0.257 e. The van der Waals surface area contributed by atoms with Crippen molar-refractivity contribution in [2.45, 2.75) is 52.4 Å². The van der Waals surface area contributed by atoms with E-state index in [9.17, 15) is 9.59 Å². The third-order valence-electron chi connectivity index (χ3n) is 6.91. The number of nitrogens with two attached hydrogens (primary N) is 1. The predicted octanol–water partition coefficient (Wildman–Crippen LogP) is 6.59. The van der Waals surface area contributed by atoms with Crippen LogP contribution in [0, 0.1) is 13.8 Å². The number of hydrogen-bond donors (Lipinski definition) is 2. The van der Waals surface area contributed by atoms with Crippen molar-refractivity contribution in [3.63, 3.8) is 0 Å². The summed E-state index contributed by atoms with van der Waals surface area (Å²) in [7, 11) is 0. The number of amides is 2. The lowest BCUT2D eigenvalue weighted by Crippen LogP contribution is -2.18. The van der Waals surface area contributed by atoms with Crippen LogP contribution in [0.2, 0.25) is 0 Å². The summed E-state index contributed by atoms with van der Waals surface area (Å²) in [4.78, 5) is 32.1. The number of rotatable bonds is 4. The van der Waals surface area contributed by atoms with Crippen LogP contribution in [0.15, 0.2) is 48.5 Å². The molecule has 0 saturated carbocycles. The number of carbonyl (C=O) groups is 2. The number of aryl methyl sites for hydroxylation is 3. The number of thiophene rings is 1. The van der Waals surface area contributed by atoms with Crippen molar-refractivity contribution in [1.82, 2.24) is 4.98 Å². The SMILES string of the molecule is Cc1ccc(-c2cc(C(=O)Nc3sc4c(c3C(N)=O)CCCCCC4)c3ccccc3n2)cc1C. The Kier molecular flexibility index (Phi) is 6.39. The Morgan fingerprint density at radius 2 is 1.71 bits per heavy atom. The Labute approximate surface area is 209 Å². The molecule has 5 rings (SSSR count). The van der Waals surface area contributed by atoms with Crippen LogP contribution in [-0.2, 0) is 12.8 Å². The first-order chi connectivity index (χ1) is 16.9. The van der Waals surface area contributed by atoms with E-state index in [4.69, 9.17) is 10.7 Å². The molecule has 0 atom stereocenters. The van der Waals surface area contributed by atoms with E-state index in [-0.39, 0.29) is 5.91 Å². The molecule has 0 radical (unpaired) electrons. The first-order valence-electron chi connectivity index (χ1n) is 12.2. The lowest BCUT2D eigenvalue weighted by molar-refractivity contribution is 0.100. The topological polar surface area (TPSA) is 85.1 Å². The number of primary amides is 1. The molecule has 1 aliphatic carbocycles. The summed E-state index contributed by atoms with van der Waals surface area (Å²) in [5, 5.41) is 4.38. The van der Waals surface area contributed by atoms with Crippen molar-refractivity contribution in [3.8, 4) is 11.3 Å². The molecule has 2 aromatic heterocycles. The van der Waals surface area contributed by atoms with Gasteiger partial charge in [0, 0.05) is 15.8 Å². The Bertz CT molecular complexity index is 1450. The molecule has 2 aromatic carbocycles. The minimum absolute atomic E-state index is 0.259. The lowest BCUT2D eigenvalue weighted by Gasteiger charge is -2.12. The van der Waals surface area contributed by atoms with Crippen LogP contribution in [0.3, 0.4) is 0 Å². The Morgan fingerprint density at radius 3 is 2.49 bits per heavy atom. The summed E-state index contributed by atoms with van der Waals surface area (Å²) in [5.74, 6) is -0.737. The highest BCUT2D eigenvalue weighted by atomic mass is 32.1. The molecule has 4 aromatic rings. The molecule has 0 fully saturated rings. The summed E-state index contributed by atoms with van der Waals surface area (Å²) in [5.41, 5.74) is 12.7. The van der Waals surface area contributed by atoms with Gasteiger partial charge in [0.15, 0.2) is 0 Å². The minimum atomic E-state index is -0.478. The van der Waals surface area contributed by atoms with Gasteiger partial charge >= 0.3 is 0 Å². The summed E-state index contributed by atoms with van der Waals surface area (Å²) in [6.45, 7) is 4.15. The van der Waals surface area contributed by atoms with Crippen molar-refractivity contribution in [3.05, 3.63) is 81.2 Å². The van der Waals surface area contributed by atoms with Crippen molar-refractivity contribution in [1.29, 1.82) is 0 Å². The highest BCUT2D eigenvalue weighted by Crippen LogP contribution is 2.37. The van der Waals surface area contributed by atoms with Gasteiger partial charge in [-0.2, -0.15) is 0 Å². The molecule has 178 valence electrons. The van der Waals surface area contributed by atoms with Crippen LogP contribution in [0.4, 0.5) is 5.00 Å². The zero-order valence-corrected chi connectivity index (χ0v) is 20.9. The van der Waals surface area contributed by atoms with Crippen LogP contribution >= 0.6 is 11.3 Å². The Balaban J connectivity index is 1.58. The van der Waals surface area contributed by atoms with Crippen molar-refractivity contribution >= 4 is 39.1 Å². The van der Waals surface area contributed by atoms with Gasteiger partial charge in [-0.15, -0.1) is 11.3 Å². The second-order valence-corrected chi connectivity index (χ2v) is 10.4. The third-order valence-corrected chi connectivity index (χ3v) is 8.12. The normalized spacial score (nSPS) is 13.7. The maximum absolute atomic E-state index is 13.7. The zero-order valence-electron chi connectivity index (χ0n) is 20.1. The maximum Gasteiger partial charge on any atom is 0.257 e. The van der Waals surface area contributed by atoms with E-state index in [1.165, 1.54) is 33.8 Å². The number of aromatic nitrogens is 1. The van der Waals surface area contributed by atoms with Gasteiger partial charge < -0.3 is 11.1 Å². The van der Waals surface area contributed by atoms with Gasteiger partial charge in [-0.05, 0) is 74.4 Å². The number of para-hydroxylation sites is 1. The van der Waals surface area contributed by atoms with Crippen molar-refractivity contribution in [2.24, 2.45) is 5.73 Å². The van der Waals surface area contributed by atoms with E-state index < -0.39 is 5.91 Å². The number of pyridine rings is 1. The maximum atomic E-state index is 13.7. The molecule has 0 unspecified atom stereocenters. The van der Waals surface area contributed by atoms with Gasteiger partial charge in [-0.1, -0.05) is 43.2 Å². The first kappa shape index (κ1) is 23.2. The third kappa shape index (κ3) is 4.58. The highest BCUT2D eigenvalue weighted by molar-refractivity contribution is 7.17. The van der Waals surface area contributed by atoms with E-state index in [1.807, 2.05) is 36.4 Å². The van der Waals surface area contributed by atoms with Crippen molar-refractivity contribution < 1.29 is 9.59 Å². The number of anilines is 1. The molecule has 2 heterocycles. The van der Waals surface area contributed by atoms with Crippen LogP contribution in [-0.4, -0.2) is 16.8 Å². The minimum Gasteiger partial charge on any atom is -0.365 e. The summed E-state index contributed by atoms with van der Waals surface area (Å²) in [6.07, 6.45) is 6.22. The van der Waals surface area contributed by atoms with Gasteiger partial charge in [0.1, 0.15) is 5.00 Å². The zero-order chi connectivity index (χ0) is 24.5. The van der Waals surface area contributed by atoms with E-state index in [0.29, 0.717) is 16.1 Å². The molecule has 0 spiro atoms. The highest BCUT2D eigenvalue weighted by Gasteiger charge is 2.25. The molecule has 1 aliphatic rings. The van der Waals surface area contributed by atoms with Gasteiger partial charge in [0.2, 0.25) is 0 Å². The first-order valence-corrected chi connectivity index (χ1v) is 13.0. The van der Waals surface area contributed by atoms with E-state index in [1.54, 1.807) is 0 Å². The van der Waals surface area contributed by atoms with Crippen LogP contribution in [0.25, 0.3) is 22.2 Å². The number of hydrogen-bond acceptors (Lipinski definition) is 4. The van der Waals surface area contributed by atoms with Gasteiger partial charge in [0.05, 0.1) is 22.3 Å². The number of benzene rings is 2. The number of carbonyl (C=O) groups excluding carboxylic acids is 2. The fourth-order valence-electron chi connectivity index (χ4n) is 4.85. The molecule has 0 aliphatic heterocycles.